The fourth-order valence-electron chi connectivity index (χ4n) is 3.42. The topological polar surface area (TPSA) is 75.7 Å². The van der Waals surface area contributed by atoms with E-state index >= 15 is 0 Å². The number of benzene rings is 2. The summed E-state index contributed by atoms with van der Waals surface area (Å²) in [6.07, 6.45) is 0.975. The molecule has 0 spiro atoms. The molecule has 0 aromatic heterocycles. The fourth-order valence-corrected chi connectivity index (χ4v) is 3.42. The van der Waals surface area contributed by atoms with Crippen LogP contribution in [0.1, 0.15) is 34.3 Å². The lowest BCUT2D eigenvalue weighted by atomic mass is 9.96. The van der Waals surface area contributed by atoms with Gasteiger partial charge in [-0.25, -0.2) is 4.39 Å². The zero-order valence-corrected chi connectivity index (χ0v) is 17.1. The van der Waals surface area contributed by atoms with E-state index < -0.39 is 24.3 Å². The average molecular weight is 412 g/mol. The van der Waals surface area contributed by atoms with Gasteiger partial charge >= 0.3 is 5.97 Å². The number of likely N-dealkylation sites (tertiary alicyclic amines) is 1. The van der Waals surface area contributed by atoms with E-state index in [1.165, 1.54) is 6.07 Å². The summed E-state index contributed by atoms with van der Waals surface area (Å²) in [5.41, 5.74) is 2.38. The second-order valence-electron chi connectivity index (χ2n) is 7.50. The number of anilines is 1. The summed E-state index contributed by atoms with van der Waals surface area (Å²) in [5.74, 6) is -1.79. The van der Waals surface area contributed by atoms with E-state index in [0.717, 1.165) is 5.56 Å². The van der Waals surface area contributed by atoms with E-state index in [1.807, 2.05) is 25.1 Å². The minimum atomic E-state index is -0.529. The molecule has 0 bridgehead atoms. The molecular formula is C23H25FN2O4. The predicted octanol–water partition coefficient (Wildman–Crippen LogP) is 3.48. The smallest absolute Gasteiger partial charge is 0.309 e. The summed E-state index contributed by atoms with van der Waals surface area (Å²) in [6, 6.07) is 11.8. The van der Waals surface area contributed by atoms with Crippen molar-refractivity contribution in [2.24, 2.45) is 5.92 Å². The standard InChI is InChI=1S/C23H25FN2O4/c1-15-5-3-4-6-19(15)22(28)26-11-9-17(10-12-26)23(29)30-14-21(27)25-18-8-7-16(2)20(24)13-18/h3-8,13,17H,9-12,14H2,1-2H3,(H,25,27). The molecule has 0 aliphatic carbocycles. The number of ether oxygens (including phenoxy) is 1. The Kier molecular flexibility index (Phi) is 6.82. The van der Waals surface area contributed by atoms with Crippen LogP contribution in [0.5, 0.6) is 0 Å². The number of nitrogens with one attached hydrogen (secondary N) is 1. The van der Waals surface area contributed by atoms with Crippen LogP contribution in [0.3, 0.4) is 0 Å². The molecule has 0 radical (unpaired) electrons. The lowest BCUT2D eigenvalue weighted by Gasteiger charge is -2.31. The van der Waals surface area contributed by atoms with Crippen molar-refractivity contribution in [1.29, 1.82) is 0 Å². The average Bonchev–Trinajstić information content (AvgIpc) is 2.74. The first kappa shape index (κ1) is 21.5. The number of hydrogen-bond acceptors (Lipinski definition) is 4. The summed E-state index contributed by atoms with van der Waals surface area (Å²) < 4.78 is 18.7. The first-order valence-corrected chi connectivity index (χ1v) is 9.92. The van der Waals surface area contributed by atoms with E-state index in [9.17, 15) is 18.8 Å². The Morgan fingerprint density at radius 1 is 1.07 bits per heavy atom. The molecule has 1 aliphatic rings. The van der Waals surface area contributed by atoms with Crippen molar-refractivity contribution in [2.75, 3.05) is 25.0 Å². The van der Waals surface area contributed by atoms with E-state index in [2.05, 4.69) is 5.32 Å². The third-order valence-corrected chi connectivity index (χ3v) is 5.29. The summed E-state index contributed by atoms with van der Waals surface area (Å²) >= 11 is 0. The van der Waals surface area contributed by atoms with Gasteiger partial charge < -0.3 is 15.0 Å². The lowest BCUT2D eigenvalue weighted by molar-refractivity contribution is -0.152. The number of aryl methyl sites for hydroxylation is 2. The molecule has 2 aromatic carbocycles. The summed E-state index contributed by atoms with van der Waals surface area (Å²) in [7, 11) is 0. The molecule has 158 valence electrons. The van der Waals surface area contributed by atoms with Gasteiger partial charge in [-0.1, -0.05) is 24.3 Å². The van der Waals surface area contributed by atoms with Crippen molar-refractivity contribution in [1.82, 2.24) is 4.90 Å². The third-order valence-electron chi connectivity index (χ3n) is 5.29. The van der Waals surface area contributed by atoms with Crippen LogP contribution in [0.25, 0.3) is 0 Å². The number of esters is 1. The van der Waals surface area contributed by atoms with Crippen molar-refractivity contribution >= 4 is 23.5 Å². The highest BCUT2D eigenvalue weighted by atomic mass is 19.1. The Morgan fingerprint density at radius 2 is 1.77 bits per heavy atom. The molecule has 1 heterocycles. The highest BCUT2D eigenvalue weighted by molar-refractivity contribution is 5.96. The molecule has 1 aliphatic heterocycles. The van der Waals surface area contributed by atoms with Crippen LogP contribution in [-0.2, 0) is 14.3 Å². The molecule has 30 heavy (non-hydrogen) atoms. The number of halogens is 1. The fraction of sp³-hybridized carbons (Fsp3) is 0.348. The zero-order chi connectivity index (χ0) is 21.7. The van der Waals surface area contributed by atoms with Crippen LogP contribution >= 0.6 is 0 Å². The minimum absolute atomic E-state index is 0.0374. The van der Waals surface area contributed by atoms with Gasteiger partial charge in [0.05, 0.1) is 5.92 Å². The highest BCUT2D eigenvalue weighted by Crippen LogP contribution is 2.21. The largest absolute Gasteiger partial charge is 0.455 e. The third kappa shape index (κ3) is 5.23. The van der Waals surface area contributed by atoms with Crippen molar-refractivity contribution < 1.29 is 23.5 Å². The Labute approximate surface area is 175 Å². The Bertz CT molecular complexity index is 952. The number of piperidine rings is 1. The zero-order valence-electron chi connectivity index (χ0n) is 17.1. The van der Waals surface area contributed by atoms with Gasteiger partial charge in [0.2, 0.25) is 0 Å². The maximum atomic E-state index is 13.5. The van der Waals surface area contributed by atoms with Crippen molar-refractivity contribution in [3.05, 3.63) is 65.0 Å². The lowest BCUT2D eigenvalue weighted by Crippen LogP contribution is -2.41. The molecule has 0 saturated carbocycles. The molecule has 3 rings (SSSR count). The van der Waals surface area contributed by atoms with E-state index in [0.29, 0.717) is 42.7 Å². The van der Waals surface area contributed by atoms with Crippen LogP contribution < -0.4 is 5.32 Å². The van der Waals surface area contributed by atoms with Crippen molar-refractivity contribution in [3.63, 3.8) is 0 Å². The van der Waals surface area contributed by atoms with Gasteiger partial charge in [0.15, 0.2) is 6.61 Å². The van der Waals surface area contributed by atoms with Crippen LogP contribution in [-0.4, -0.2) is 42.4 Å². The molecule has 6 nitrogen and oxygen atoms in total. The quantitative estimate of drug-likeness (QED) is 0.763. The molecule has 1 N–H and O–H groups in total. The first-order chi connectivity index (χ1) is 14.3. The van der Waals surface area contributed by atoms with Crippen molar-refractivity contribution in [2.45, 2.75) is 26.7 Å². The Balaban J connectivity index is 1.45. The van der Waals surface area contributed by atoms with Crippen LogP contribution in [0.15, 0.2) is 42.5 Å². The molecular weight excluding hydrogens is 387 g/mol. The molecule has 1 fully saturated rings. The van der Waals surface area contributed by atoms with Gasteiger partial charge in [0.25, 0.3) is 11.8 Å². The van der Waals surface area contributed by atoms with Gasteiger partial charge in [0.1, 0.15) is 5.82 Å². The molecule has 7 heteroatoms. The van der Waals surface area contributed by atoms with Gasteiger partial charge in [0, 0.05) is 24.3 Å². The molecule has 0 unspecified atom stereocenters. The minimum Gasteiger partial charge on any atom is -0.455 e. The molecule has 0 atom stereocenters. The molecule has 1 saturated heterocycles. The number of carbonyl (C=O) groups is 3. The monoisotopic (exact) mass is 412 g/mol. The van der Waals surface area contributed by atoms with Gasteiger partial charge in [-0.3, -0.25) is 14.4 Å². The second-order valence-corrected chi connectivity index (χ2v) is 7.50. The molecule has 2 aromatic rings. The van der Waals surface area contributed by atoms with E-state index in [4.69, 9.17) is 4.74 Å². The summed E-state index contributed by atoms with van der Waals surface area (Å²) in [6.45, 7) is 4.01. The first-order valence-electron chi connectivity index (χ1n) is 9.92. The number of nitrogens with zero attached hydrogens (tertiary/aromatic N) is 1. The number of rotatable bonds is 5. The maximum Gasteiger partial charge on any atom is 0.309 e. The van der Waals surface area contributed by atoms with Crippen molar-refractivity contribution in [3.8, 4) is 0 Å². The van der Waals surface area contributed by atoms with Gasteiger partial charge in [-0.05, 0) is 56.0 Å². The van der Waals surface area contributed by atoms with E-state index in [1.54, 1.807) is 30.0 Å². The molecule has 2 amide bonds. The van der Waals surface area contributed by atoms with Crippen LogP contribution in [0, 0.1) is 25.6 Å². The predicted molar refractivity (Wildman–Crippen MR) is 111 cm³/mol. The number of amides is 2. The number of carbonyl (C=O) groups excluding carboxylic acids is 3. The summed E-state index contributed by atoms with van der Waals surface area (Å²) in [4.78, 5) is 38.7. The van der Waals surface area contributed by atoms with Gasteiger partial charge in [-0.2, -0.15) is 0 Å². The maximum absolute atomic E-state index is 13.5. The summed E-state index contributed by atoms with van der Waals surface area (Å²) in [5, 5.41) is 2.50. The second kappa shape index (κ2) is 9.52. The van der Waals surface area contributed by atoms with Gasteiger partial charge in [-0.15, -0.1) is 0 Å². The SMILES string of the molecule is Cc1ccc(NC(=O)COC(=O)C2CCN(C(=O)c3ccccc3C)CC2)cc1F. The van der Waals surface area contributed by atoms with Crippen LogP contribution in [0.4, 0.5) is 10.1 Å². The van der Waals surface area contributed by atoms with Crippen LogP contribution in [0.2, 0.25) is 0 Å². The normalized spacial score (nSPS) is 14.3. The van der Waals surface area contributed by atoms with E-state index in [-0.39, 0.29) is 11.8 Å². The Morgan fingerprint density at radius 3 is 2.43 bits per heavy atom. The number of hydrogen-bond donors (Lipinski definition) is 1. The Hall–Kier alpha value is -3.22. The highest BCUT2D eigenvalue weighted by Gasteiger charge is 2.29.